The summed E-state index contributed by atoms with van der Waals surface area (Å²) in [6.45, 7) is 1.60. The van der Waals surface area contributed by atoms with Gasteiger partial charge in [-0.25, -0.2) is 4.79 Å². The predicted molar refractivity (Wildman–Crippen MR) is 84.1 cm³/mol. The zero-order chi connectivity index (χ0) is 15.9. The van der Waals surface area contributed by atoms with E-state index in [4.69, 9.17) is 9.84 Å². The van der Waals surface area contributed by atoms with Crippen molar-refractivity contribution in [1.29, 1.82) is 0 Å². The van der Waals surface area contributed by atoms with Gasteiger partial charge in [0.1, 0.15) is 5.75 Å². The summed E-state index contributed by atoms with van der Waals surface area (Å²) in [6.07, 6.45) is 3.27. The lowest BCUT2D eigenvalue weighted by atomic mass is 10.1. The number of hydrogen-bond donors (Lipinski definition) is 1. The number of rotatable bonds is 6. The van der Waals surface area contributed by atoms with Crippen molar-refractivity contribution < 1.29 is 19.4 Å². The molecule has 4 nitrogen and oxygen atoms in total. The molecular formula is C18H16O4. The molecule has 0 aliphatic carbocycles. The van der Waals surface area contributed by atoms with E-state index in [1.54, 1.807) is 30.3 Å². The molecule has 2 aromatic carbocycles. The number of ketones is 1. The fourth-order valence-electron chi connectivity index (χ4n) is 1.81. The van der Waals surface area contributed by atoms with Crippen molar-refractivity contribution in [2.45, 2.75) is 6.92 Å². The Morgan fingerprint density at radius 2 is 1.68 bits per heavy atom. The van der Waals surface area contributed by atoms with Crippen molar-refractivity contribution in [3.05, 3.63) is 71.3 Å². The van der Waals surface area contributed by atoms with Gasteiger partial charge in [-0.1, -0.05) is 35.9 Å². The van der Waals surface area contributed by atoms with Gasteiger partial charge in [-0.2, -0.15) is 0 Å². The molecule has 22 heavy (non-hydrogen) atoms. The van der Waals surface area contributed by atoms with Crippen LogP contribution in [0.4, 0.5) is 0 Å². The Bertz CT molecular complexity index is 682. The van der Waals surface area contributed by atoms with E-state index in [2.05, 4.69) is 0 Å². The lowest BCUT2D eigenvalue weighted by Gasteiger charge is -2.03. The molecular weight excluding hydrogens is 280 g/mol. The molecule has 0 heterocycles. The highest BCUT2D eigenvalue weighted by Gasteiger charge is 2.03. The van der Waals surface area contributed by atoms with E-state index in [0.717, 1.165) is 5.56 Å². The largest absolute Gasteiger partial charge is 0.482 e. The first-order valence-corrected chi connectivity index (χ1v) is 6.78. The van der Waals surface area contributed by atoms with Gasteiger partial charge in [0.15, 0.2) is 12.4 Å². The molecule has 0 aliphatic heterocycles. The Labute approximate surface area is 128 Å². The molecule has 0 unspecified atom stereocenters. The van der Waals surface area contributed by atoms with Gasteiger partial charge >= 0.3 is 5.97 Å². The van der Waals surface area contributed by atoms with Gasteiger partial charge in [0.2, 0.25) is 0 Å². The summed E-state index contributed by atoms with van der Waals surface area (Å²) in [5.41, 5.74) is 2.65. The van der Waals surface area contributed by atoms with Gasteiger partial charge in [-0.15, -0.1) is 0 Å². The molecule has 0 bridgehead atoms. The van der Waals surface area contributed by atoms with Crippen LogP contribution in [-0.2, 0) is 4.79 Å². The predicted octanol–water partition coefficient (Wildman–Crippen LogP) is 3.35. The van der Waals surface area contributed by atoms with Crippen LogP contribution in [-0.4, -0.2) is 23.5 Å². The number of carboxylic acid groups (broad SMARTS) is 1. The second-order valence-electron chi connectivity index (χ2n) is 4.82. The third-order valence-corrected chi connectivity index (χ3v) is 3.01. The van der Waals surface area contributed by atoms with Crippen LogP contribution in [0.25, 0.3) is 6.08 Å². The number of carbonyl (C=O) groups excluding carboxylic acids is 1. The smallest absolute Gasteiger partial charge is 0.341 e. The van der Waals surface area contributed by atoms with Crippen molar-refractivity contribution in [3.63, 3.8) is 0 Å². The zero-order valence-electron chi connectivity index (χ0n) is 12.2. The molecule has 1 N–H and O–H groups in total. The van der Waals surface area contributed by atoms with Crippen LogP contribution in [0.1, 0.15) is 21.5 Å². The highest BCUT2D eigenvalue weighted by Crippen LogP contribution is 2.13. The number of allylic oxidation sites excluding steroid dienone is 1. The van der Waals surface area contributed by atoms with Gasteiger partial charge in [0, 0.05) is 5.56 Å². The van der Waals surface area contributed by atoms with E-state index in [1.165, 1.54) is 11.6 Å². The van der Waals surface area contributed by atoms with E-state index in [9.17, 15) is 9.59 Å². The molecule has 0 aliphatic rings. The zero-order valence-corrected chi connectivity index (χ0v) is 12.2. The molecule has 2 aromatic rings. The fourth-order valence-corrected chi connectivity index (χ4v) is 1.81. The number of hydrogen-bond acceptors (Lipinski definition) is 3. The molecule has 0 aromatic heterocycles. The van der Waals surface area contributed by atoms with E-state index in [-0.39, 0.29) is 5.78 Å². The average molecular weight is 296 g/mol. The second-order valence-corrected chi connectivity index (χ2v) is 4.82. The lowest BCUT2D eigenvalue weighted by Crippen LogP contribution is -2.09. The maximum absolute atomic E-state index is 12.0. The second kappa shape index (κ2) is 7.22. The number of aryl methyl sites for hydroxylation is 1. The highest BCUT2D eigenvalue weighted by molar-refractivity contribution is 6.06. The van der Waals surface area contributed by atoms with Crippen LogP contribution in [0, 0.1) is 6.92 Å². The lowest BCUT2D eigenvalue weighted by molar-refractivity contribution is -0.139. The van der Waals surface area contributed by atoms with Crippen LogP contribution in [0.2, 0.25) is 0 Å². The molecule has 0 saturated heterocycles. The summed E-state index contributed by atoms with van der Waals surface area (Å²) in [4.78, 5) is 22.4. The first-order chi connectivity index (χ1) is 10.5. The van der Waals surface area contributed by atoms with E-state index < -0.39 is 12.6 Å². The minimum absolute atomic E-state index is 0.120. The maximum atomic E-state index is 12.0. The van der Waals surface area contributed by atoms with E-state index in [0.29, 0.717) is 11.3 Å². The van der Waals surface area contributed by atoms with E-state index >= 15 is 0 Å². The maximum Gasteiger partial charge on any atom is 0.341 e. The number of ether oxygens (including phenoxy) is 1. The first-order valence-electron chi connectivity index (χ1n) is 6.78. The quantitative estimate of drug-likeness (QED) is 0.656. The molecule has 0 amide bonds. The standard InChI is InChI=1S/C18H16O4/c1-13-2-4-14(5-3-13)6-11-17(19)15-7-9-16(10-8-15)22-12-18(20)21/h2-11H,12H2,1H3,(H,20,21). The summed E-state index contributed by atoms with van der Waals surface area (Å²) in [5.74, 6) is -0.743. The van der Waals surface area contributed by atoms with Crippen molar-refractivity contribution in [1.82, 2.24) is 0 Å². The monoisotopic (exact) mass is 296 g/mol. The van der Waals surface area contributed by atoms with Gasteiger partial charge in [-0.3, -0.25) is 4.79 Å². The summed E-state index contributed by atoms with van der Waals surface area (Å²) in [6, 6.07) is 14.2. The molecule has 112 valence electrons. The van der Waals surface area contributed by atoms with Crippen LogP contribution >= 0.6 is 0 Å². The van der Waals surface area contributed by atoms with Gasteiger partial charge in [0.25, 0.3) is 0 Å². The number of carboxylic acids is 1. The van der Waals surface area contributed by atoms with Crippen molar-refractivity contribution in [3.8, 4) is 5.75 Å². The topological polar surface area (TPSA) is 63.6 Å². The number of aliphatic carboxylic acids is 1. The normalized spacial score (nSPS) is 10.6. The molecule has 0 spiro atoms. The summed E-state index contributed by atoms with van der Waals surface area (Å²) < 4.78 is 5.01. The van der Waals surface area contributed by atoms with Crippen LogP contribution in [0.5, 0.6) is 5.75 Å². The highest BCUT2D eigenvalue weighted by atomic mass is 16.5. The van der Waals surface area contributed by atoms with Crippen LogP contribution < -0.4 is 4.74 Å². The van der Waals surface area contributed by atoms with Gasteiger partial charge < -0.3 is 9.84 Å². The Hall–Kier alpha value is -2.88. The third-order valence-electron chi connectivity index (χ3n) is 3.01. The Kier molecular flexibility index (Phi) is 5.09. The Balaban J connectivity index is 2.00. The molecule has 0 saturated carbocycles. The van der Waals surface area contributed by atoms with Crippen molar-refractivity contribution >= 4 is 17.8 Å². The van der Waals surface area contributed by atoms with Gasteiger partial charge in [0.05, 0.1) is 0 Å². The SMILES string of the molecule is Cc1ccc(C=CC(=O)c2ccc(OCC(=O)O)cc2)cc1. The van der Waals surface area contributed by atoms with Crippen molar-refractivity contribution in [2.24, 2.45) is 0 Å². The van der Waals surface area contributed by atoms with Crippen LogP contribution in [0.15, 0.2) is 54.6 Å². The fraction of sp³-hybridized carbons (Fsp3) is 0.111. The Morgan fingerprint density at radius 3 is 2.27 bits per heavy atom. The molecule has 0 radical (unpaired) electrons. The van der Waals surface area contributed by atoms with E-state index in [1.807, 2.05) is 31.2 Å². The molecule has 0 atom stereocenters. The molecule has 2 rings (SSSR count). The number of benzene rings is 2. The molecule has 4 heteroatoms. The minimum Gasteiger partial charge on any atom is -0.482 e. The average Bonchev–Trinajstić information content (AvgIpc) is 2.52. The van der Waals surface area contributed by atoms with Crippen molar-refractivity contribution in [2.75, 3.05) is 6.61 Å². The third kappa shape index (κ3) is 4.59. The van der Waals surface area contributed by atoms with Crippen LogP contribution in [0.3, 0.4) is 0 Å². The van der Waals surface area contributed by atoms with Gasteiger partial charge in [-0.05, 0) is 42.8 Å². The first kappa shape index (κ1) is 15.5. The number of carbonyl (C=O) groups is 2. The molecule has 0 fully saturated rings. The summed E-state index contributed by atoms with van der Waals surface area (Å²) >= 11 is 0. The minimum atomic E-state index is -1.04. The summed E-state index contributed by atoms with van der Waals surface area (Å²) in [7, 11) is 0. The Morgan fingerprint density at radius 1 is 1.05 bits per heavy atom. The summed E-state index contributed by atoms with van der Waals surface area (Å²) in [5, 5.41) is 8.52.